The van der Waals surface area contributed by atoms with E-state index in [1.54, 1.807) is 12.1 Å². The zero-order chi connectivity index (χ0) is 11.8. The summed E-state index contributed by atoms with van der Waals surface area (Å²) in [4.78, 5) is 13.7. The van der Waals surface area contributed by atoms with Crippen LogP contribution in [0.4, 0.5) is 0 Å². The van der Waals surface area contributed by atoms with E-state index in [1.165, 1.54) is 25.7 Å². The molecule has 2 saturated heterocycles. The van der Waals surface area contributed by atoms with Crippen LogP contribution in [0.5, 0.6) is 0 Å². The van der Waals surface area contributed by atoms with Gasteiger partial charge < -0.3 is 5.11 Å². The molecule has 0 aromatic heterocycles. The van der Waals surface area contributed by atoms with Gasteiger partial charge in [0.1, 0.15) is 0 Å². The fourth-order valence-electron chi connectivity index (χ4n) is 3.34. The second kappa shape index (κ2) is 4.15. The molecule has 2 aliphatic heterocycles. The van der Waals surface area contributed by atoms with Gasteiger partial charge in [0.15, 0.2) is 0 Å². The average molecular weight is 231 g/mol. The summed E-state index contributed by atoms with van der Waals surface area (Å²) in [5.41, 5.74) is 1.41. The first-order valence-electron chi connectivity index (χ1n) is 6.32. The van der Waals surface area contributed by atoms with Crippen LogP contribution in [0.3, 0.4) is 0 Å². The molecule has 0 saturated carbocycles. The van der Waals surface area contributed by atoms with E-state index in [2.05, 4.69) is 4.90 Å². The summed E-state index contributed by atoms with van der Waals surface area (Å²) in [6, 6.07) is 8.77. The quantitative estimate of drug-likeness (QED) is 0.869. The molecule has 90 valence electrons. The van der Waals surface area contributed by atoms with Gasteiger partial charge in [-0.25, -0.2) is 4.79 Å². The molecule has 0 aliphatic carbocycles. The van der Waals surface area contributed by atoms with Gasteiger partial charge in [0.25, 0.3) is 0 Å². The van der Waals surface area contributed by atoms with E-state index in [9.17, 15) is 4.79 Å². The van der Waals surface area contributed by atoms with Crippen molar-refractivity contribution in [2.75, 3.05) is 0 Å². The van der Waals surface area contributed by atoms with Gasteiger partial charge in [-0.2, -0.15) is 0 Å². The monoisotopic (exact) mass is 231 g/mol. The smallest absolute Gasteiger partial charge is 0.336 e. The number of fused-ring (bicyclic) bond motifs is 2. The van der Waals surface area contributed by atoms with Crippen molar-refractivity contribution in [3.8, 4) is 0 Å². The normalized spacial score (nSPS) is 27.5. The van der Waals surface area contributed by atoms with Gasteiger partial charge in [0, 0.05) is 18.6 Å². The van der Waals surface area contributed by atoms with Crippen LogP contribution in [0.25, 0.3) is 0 Å². The number of hydrogen-bond donors (Lipinski definition) is 1. The summed E-state index contributed by atoms with van der Waals surface area (Å²) in [6.45, 7) is 0.803. The van der Waals surface area contributed by atoms with Gasteiger partial charge in [0.2, 0.25) is 0 Å². The summed E-state index contributed by atoms with van der Waals surface area (Å²) in [5, 5.41) is 9.17. The summed E-state index contributed by atoms with van der Waals surface area (Å²) in [7, 11) is 0. The maximum absolute atomic E-state index is 11.2. The van der Waals surface area contributed by atoms with Crippen molar-refractivity contribution in [2.24, 2.45) is 0 Å². The van der Waals surface area contributed by atoms with Gasteiger partial charge in [-0.05, 0) is 37.3 Å². The minimum absolute atomic E-state index is 0.457. The van der Waals surface area contributed by atoms with Crippen LogP contribution >= 0.6 is 0 Å². The molecule has 0 atom stereocenters. The Balaban J connectivity index is 1.83. The fraction of sp³-hybridized carbons (Fsp3) is 0.500. The Morgan fingerprint density at radius 3 is 2.35 bits per heavy atom. The second-order valence-corrected chi connectivity index (χ2v) is 5.10. The SMILES string of the molecule is O=C(O)c1ccccc1CN1C2CCC1CC2. The van der Waals surface area contributed by atoms with Crippen LogP contribution in [0, 0.1) is 0 Å². The van der Waals surface area contributed by atoms with Crippen LogP contribution < -0.4 is 0 Å². The zero-order valence-electron chi connectivity index (χ0n) is 9.80. The van der Waals surface area contributed by atoms with Crippen molar-refractivity contribution in [3.05, 3.63) is 35.4 Å². The molecule has 1 N–H and O–H groups in total. The van der Waals surface area contributed by atoms with Crippen LogP contribution in [0.2, 0.25) is 0 Å². The zero-order valence-corrected chi connectivity index (χ0v) is 9.80. The summed E-state index contributed by atoms with van der Waals surface area (Å²) < 4.78 is 0. The van der Waals surface area contributed by atoms with Crippen LogP contribution in [0.1, 0.15) is 41.6 Å². The first-order valence-corrected chi connectivity index (χ1v) is 6.32. The van der Waals surface area contributed by atoms with E-state index in [0.717, 1.165) is 12.1 Å². The number of hydrogen-bond acceptors (Lipinski definition) is 2. The highest BCUT2D eigenvalue weighted by molar-refractivity contribution is 5.89. The van der Waals surface area contributed by atoms with Crippen LogP contribution in [0.15, 0.2) is 24.3 Å². The number of nitrogens with zero attached hydrogens (tertiary/aromatic N) is 1. The Kier molecular flexibility index (Phi) is 2.63. The molecule has 1 aromatic carbocycles. The van der Waals surface area contributed by atoms with E-state index < -0.39 is 5.97 Å². The van der Waals surface area contributed by atoms with Gasteiger partial charge in [-0.3, -0.25) is 4.90 Å². The molecule has 2 heterocycles. The Morgan fingerprint density at radius 1 is 1.18 bits per heavy atom. The predicted molar refractivity (Wildman–Crippen MR) is 65.0 cm³/mol. The van der Waals surface area contributed by atoms with Gasteiger partial charge >= 0.3 is 5.97 Å². The van der Waals surface area contributed by atoms with Crippen molar-refractivity contribution in [3.63, 3.8) is 0 Å². The summed E-state index contributed by atoms with van der Waals surface area (Å²) in [5.74, 6) is -0.813. The number of benzene rings is 1. The molecular formula is C14H17NO2. The third kappa shape index (κ3) is 1.84. The molecule has 0 radical (unpaired) electrons. The fourth-order valence-corrected chi connectivity index (χ4v) is 3.34. The third-order valence-electron chi connectivity index (χ3n) is 4.20. The Morgan fingerprint density at radius 2 is 1.76 bits per heavy atom. The van der Waals surface area contributed by atoms with E-state index in [4.69, 9.17) is 5.11 Å². The molecule has 2 aliphatic rings. The number of carboxylic acids is 1. The van der Waals surface area contributed by atoms with Crippen molar-refractivity contribution >= 4 is 5.97 Å². The van der Waals surface area contributed by atoms with E-state index in [0.29, 0.717) is 17.6 Å². The number of rotatable bonds is 3. The molecule has 3 nitrogen and oxygen atoms in total. The lowest BCUT2D eigenvalue weighted by atomic mass is 10.0. The van der Waals surface area contributed by atoms with Crippen LogP contribution in [-0.4, -0.2) is 28.1 Å². The molecule has 2 bridgehead atoms. The molecule has 0 amide bonds. The number of carbonyl (C=O) groups is 1. The predicted octanol–water partition coefficient (Wildman–Crippen LogP) is 2.51. The molecule has 3 heteroatoms. The highest BCUT2D eigenvalue weighted by atomic mass is 16.4. The van der Waals surface area contributed by atoms with Crippen molar-refractivity contribution in [1.29, 1.82) is 0 Å². The Hall–Kier alpha value is -1.35. The molecule has 3 rings (SSSR count). The minimum atomic E-state index is -0.813. The lowest BCUT2D eigenvalue weighted by molar-refractivity contribution is 0.0694. The van der Waals surface area contributed by atoms with Gasteiger partial charge in [-0.1, -0.05) is 18.2 Å². The second-order valence-electron chi connectivity index (χ2n) is 5.10. The lowest BCUT2D eigenvalue weighted by Gasteiger charge is -2.22. The standard InChI is InChI=1S/C14H17NO2/c16-14(17)13-4-2-1-3-10(13)9-15-11-5-6-12(15)8-7-11/h1-4,11-12H,5-9H2,(H,16,17). The maximum atomic E-state index is 11.2. The lowest BCUT2D eigenvalue weighted by Crippen LogP contribution is -2.28. The van der Waals surface area contributed by atoms with Crippen molar-refractivity contribution < 1.29 is 9.90 Å². The van der Waals surface area contributed by atoms with E-state index >= 15 is 0 Å². The minimum Gasteiger partial charge on any atom is -0.478 e. The molecule has 0 spiro atoms. The van der Waals surface area contributed by atoms with Crippen molar-refractivity contribution in [1.82, 2.24) is 4.90 Å². The van der Waals surface area contributed by atoms with Gasteiger partial charge in [-0.15, -0.1) is 0 Å². The first-order chi connectivity index (χ1) is 8.25. The Labute approximate surface area is 101 Å². The molecule has 2 fully saturated rings. The van der Waals surface area contributed by atoms with E-state index in [1.807, 2.05) is 12.1 Å². The molecule has 1 aromatic rings. The topological polar surface area (TPSA) is 40.5 Å². The summed E-state index contributed by atoms with van der Waals surface area (Å²) >= 11 is 0. The number of carboxylic acid groups (broad SMARTS) is 1. The highest BCUT2D eigenvalue weighted by Crippen LogP contribution is 2.38. The van der Waals surface area contributed by atoms with Crippen molar-refractivity contribution in [2.45, 2.75) is 44.3 Å². The average Bonchev–Trinajstić information content (AvgIpc) is 2.89. The largest absolute Gasteiger partial charge is 0.478 e. The maximum Gasteiger partial charge on any atom is 0.336 e. The molecule has 17 heavy (non-hydrogen) atoms. The van der Waals surface area contributed by atoms with E-state index in [-0.39, 0.29) is 0 Å². The Bertz CT molecular complexity index is 424. The molecular weight excluding hydrogens is 214 g/mol. The summed E-state index contributed by atoms with van der Waals surface area (Å²) in [6.07, 6.45) is 5.17. The number of aromatic carboxylic acids is 1. The third-order valence-corrected chi connectivity index (χ3v) is 4.20. The highest BCUT2D eigenvalue weighted by Gasteiger charge is 2.39. The van der Waals surface area contributed by atoms with Gasteiger partial charge in [0.05, 0.1) is 5.56 Å². The molecule has 0 unspecified atom stereocenters. The van der Waals surface area contributed by atoms with Crippen LogP contribution in [-0.2, 0) is 6.54 Å². The first kappa shape index (κ1) is 10.8.